The van der Waals surface area contributed by atoms with Crippen molar-refractivity contribution in [3.63, 3.8) is 0 Å². The van der Waals surface area contributed by atoms with E-state index in [1.165, 1.54) is 12.1 Å². The average Bonchev–Trinajstić information content (AvgIpc) is 2.91. The van der Waals surface area contributed by atoms with Crippen LogP contribution in [0.4, 0.5) is 10.1 Å². The van der Waals surface area contributed by atoms with Gasteiger partial charge in [-0.3, -0.25) is 4.79 Å². The number of nitrogens with one attached hydrogen (secondary N) is 1. The summed E-state index contributed by atoms with van der Waals surface area (Å²) >= 11 is 5.75. The van der Waals surface area contributed by atoms with E-state index in [2.05, 4.69) is 20.4 Å². The molecular weight excluding hydrogens is 369 g/mol. The van der Waals surface area contributed by atoms with E-state index < -0.39 is 5.82 Å². The first-order valence-corrected chi connectivity index (χ1v) is 8.82. The molecular formula is C19H19ClFN5O. The van der Waals surface area contributed by atoms with Crippen LogP contribution in [0.2, 0.25) is 5.02 Å². The summed E-state index contributed by atoms with van der Waals surface area (Å²) in [6.45, 7) is 5.88. The number of aryl methyl sites for hydroxylation is 2. The largest absolute Gasteiger partial charge is 0.323 e. The second-order valence-corrected chi connectivity index (χ2v) is 6.68. The van der Waals surface area contributed by atoms with E-state index in [1.807, 2.05) is 20.8 Å². The van der Waals surface area contributed by atoms with Crippen LogP contribution in [0.15, 0.2) is 30.6 Å². The molecule has 1 N–H and O–H groups in total. The maximum Gasteiger partial charge on any atom is 0.250 e. The smallest absolute Gasteiger partial charge is 0.250 e. The minimum absolute atomic E-state index is 0.0521. The third-order valence-electron chi connectivity index (χ3n) is 4.39. The normalized spacial score (nSPS) is 10.9. The Bertz CT molecular complexity index is 985. The van der Waals surface area contributed by atoms with Crippen molar-refractivity contribution >= 4 is 23.2 Å². The summed E-state index contributed by atoms with van der Waals surface area (Å²) in [6.07, 6.45) is 3.78. The highest BCUT2D eigenvalue weighted by molar-refractivity contribution is 6.30. The summed E-state index contributed by atoms with van der Waals surface area (Å²) in [7, 11) is 0. The summed E-state index contributed by atoms with van der Waals surface area (Å²) in [5, 5.41) is 7.21. The van der Waals surface area contributed by atoms with E-state index in [0.717, 1.165) is 22.5 Å². The van der Waals surface area contributed by atoms with Crippen LogP contribution in [-0.4, -0.2) is 25.7 Å². The standard InChI is InChI=1S/C19H19ClFN5O/c1-11-12(2)25-26(13(11)3)19-22-9-15(10-23-19)24-18(27)7-5-14-4-6-17(21)16(20)8-14/h4,6,8-10H,5,7H2,1-3H3,(H,24,27). The molecule has 0 spiro atoms. The van der Waals surface area contributed by atoms with Gasteiger partial charge in [0.05, 0.1) is 28.8 Å². The summed E-state index contributed by atoms with van der Waals surface area (Å²) < 4.78 is 14.8. The Morgan fingerprint density at radius 3 is 2.52 bits per heavy atom. The van der Waals surface area contributed by atoms with Gasteiger partial charge in [-0.1, -0.05) is 17.7 Å². The molecule has 0 atom stereocenters. The van der Waals surface area contributed by atoms with Crippen molar-refractivity contribution < 1.29 is 9.18 Å². The Kier molecular flexibility index (Phi) is 5.51. The van der Waals surface area contributed by atoms with E-state index in [0.29, 0.717) is 18.1 Å². The Morgan fingerprint density at radius 2 is 1.93 bits per heavy atom. The minimum atomic E-state index is -0.472. The number of rotatable bonds is 5. The summed E-state index contributed by atoms with van der Waals surface area (Å²) in [4.78, 5) is 20.6. The van der Waals surface area contributed by atoms with Gasteiger partial charge in [-0.2, -0.15) is 5.10 Å². The van der Waals surface area contributed by atoms with Gasteiger partial charge >= 0.3 is 0 Å². The molecule has 140 valence electrons. The summed E-state index contributed by atoms with van der Waals surface area (Å²) in [6, 6.07) is 4.43. The van der Waals surface area contributed by atoms with Crippen molar-refractivity contribution in [2.75, 3.05) is 5.32 Å². The molecule has 0 radical (unpaired) electrons. The van der Waals surface area contributed by atoms with E-state index in [9.17, 15) is 9.18 Å². The van der Waals surface area contributed by atoms with Crippen LogP contribution in [0.1, 0.15) is 28.9 Å². The van der Waals surface area contributed by atoms with Gasteiger partial charge in [-0.25, -0.2) is 19.0 Å². The second-order valence-electron chi connectivity index (χ2n) is 6.28. The molecule has 0 aliphatic rings. The highest BCUT2D eigenvalue weighted by Crippen LogP contribution is 2.18. The van der Waals surface area contributed by atoms with Gasteiger partial charge in [0.1, 0.15) is 5.82 Å². The molecule has 2 heterocycles. The molecule has 3 aromatic rings. The predicted molar refractivity (Wildman–Crippen MR) is 102 cm³/mol. The van der Waals surface area contributed by atoms with Crippen LogP contribution < -0.4 is 5.32 Å². The number of amides is 1. The molecule has 0 aliphatic heterocycles. The van der Waals surface area contributed by atoms with Crippen molar-refractivity contribution in [2.45, 2.75) is 33.6 Å². The molecule has 0 saturated carbocycles. The Balaban J connectivity index is 1.61. The van der Waals surface area contributed by atoms with Crippen molar-refractivity contribution in [3.8, 4) is 5.95 Å². The van der Waals surface area contributed by atoms with Crippen LogP contribution in [-0.2, 0) is 11.2 Å². The number of benzene rings is 1. The van der Waals surface area contributed by atoms with Gasteiger partial charge in [-0.15, -0.1) is 0 Å². The van der Waals surface area contributed by atoms with Crippen LogP contribution in [0.3, 0.4) is 0 Å². The van der Waals surface area contributed by atoms with E-state index >= 15 is 0 Å². The SMILES string of the molecule is Cc1nn(-c2ncc(NC(=O)CCc3ccc(F)c(Cl)c3)cn2)c(C)c1C. The van der Waals surface area contributed by atoms with E-state index in [-0.39, 0.29) is 17.4 Å². The molecule has 0 bridgehead atoms. The highest BCUT2D eigenvalue weighted by Gasteiger charge is 2.11. The molecule has 0 saturated heterocycles. The van der Waals surface area contributed by atoms with Crippen LogP contribution in [0.5, 0.6) is 0 Å². The fourth-order valence-electron chi connectivity index (χ4n) is 2.59. The summed E-state index contributed by atoms with van der Waals surface area (Å²) in [5.41, 5.74) is 4.29. The van der Waals surface area contributed by atoms with Gasteiger partial charge in [-0.05, 0) is 50.5 Å². The van der Waals surface area contributed by atoms with Crippen LogP contribution >= 0.6 is 11.6 Å². The van der Waals surface area contributed by atoms with Gasteiger partial charge in [0.25, 0.3) is 5.95 Å². The lowest BCUT2D eigenvalue weighted by atomic mass is 10.1. The monoisotopic (exact) mass is 387 g/mol. The maximum atomic E-state index is 13.2. The minimum Gasteiger partial charge on any atom is -0.323 e. The van der Waals surface area contributed by atoms with Crippen LogP contribution in [0.25, 0.3) is 5.95 Å². The summed E-state index contributed by atoms with van der Waals surface area (Å²) in [5.74, 6) is -0.212. The molecule has 27 heavy (non-hydrogen) atoms. The number of anilines is 1. The van der Waals surface area contributed by atoms with E-state index in [1.54, 1.807) is 23.1 Å². The van der Waals surface area contributed by atoms with Crippen molar-refractivity contribution in [1.82, 2.24) is 19.7 Å². The van der Waals surface area contributed by atoms with Gasteiger partial charge in [0.2, 0.25) is 5.91 Å². The molecule has 2 aromatic heterocycles. The molecule has 0 fully saturated rings. The zero-order valence-electron chi connectivity index (χ0n) is 15.3. The number of hydrogen-bond donors (Lipinski definition) is 1. The van der Waals surface area contributed by atoms with Crippen molar-refractivity contribution in [3.05, 3.63) is 63.9 Å². The lowest BCUT2D eigenvalue weighted by Crippen LogP contribution is -2.13. The highest BCUT2D eigenvalue weighted by atomic mass is 35.5. The number of hydrogen-bond acceptors (Lipinski definition) is 4. The van der Waals surface area contributed by atoms with Gasteiger partial charge in [0.15, 0.2) is 0 Å². The number of aromatic nitrogens is 4. The Morgan fingerprint density at radius 1 is 1.22 bits per heavy atom. The Labute approximate surface area is 161 Å². The number of nitrogens with zero attached hydrogens (tertiary/aromatic N) is 4. The quantitative estimate of drug-likeness (QED) is 0.719. The molecule has 0 unspecified atom stereocenters. The first kappa shape index (κ1) is 19.0. The number of carbonyl (C=O) groups excluding carboxylic acids is 1. The van der Waals surface area contributed by atoms with Crippen LogP contribution in [0, 0.1) is 26.6 Å². The first-order valence-electron chi connectivity index (χ1n) is 8.44. The molecule has 8 heteroatoms. The molecule has 1 aromatic carbocycles. The molecule has 1 amide bonds. The topological polar surface area (TPSA) is 72.7 Å². The fourth-order valence-corrected chi connectivity index (χ4v) is 2.79. The number of halogens is 2. The molecule has 6 nitrogen and oxygen atoms in total. The van der Waals surface area contributed by atoms with Gasteiger partial charge < -0.3 is 5.32 Å². The third-order valence-corrected chi connectivity index (χ3v) is 4.68. The number of carbonyl (C=O) groups is 1. The lowest BCUT2D eigenvalue weighted by Gasteiger charge is -2.07. The third kappa shape index (κ3) is 4.31. The predicted octanol–water partition coefficient (Wildman–Crippen LogP) is 3.95. The van der Waals surface area contributed by atoms with E-state index in [4.69, 9.17) is 11.6 Å². The second kappa shape index (κ2) is 7.84. The first-order chi connectivity index (χ1) is 12.8. The van der Waals surface area contributed by atoms with Crippen molar-refractivity contribution in [1.29, 1.82) is 0 Å². The zero-order chi connectivity index (χ0) is 19.6. The fraction of sp³-hybridized carbons (Fsp3) is 0.263. The Hall–Kier alpha value is -2.80. The average molecular weight is 388 g/mol. The van der Waals surface area contributed by atoms with Crippen molar-refractivity contribution in [2.24, 2.45) is 0 Å². The lowest BCUT2D eigenvalue weighted by molar-refractivity contribution is -0.116. The molecule has 0 aliphatic carbocycles. The zero-order valence-corrected chi connectivity index (χ0v) is 16.0. The molecule has 3 rings (SSSR count). The maximum absolute atomic E-state index is 13.2. The van der Waals surface area contributed by atoms with Gasteiger partial charge in [0, 0.05) is 12.1 Å².